The van der Waals surface area contributed by atoms with Gasteiger partial charge in [0.05, 0.1) is 34.9 Å². The molecule has 11 heteroatoms. The van der Waals surface area contributed by atoms with Gasteiger partial charge in [-0.05, 0) is 61.6 Å². The van der Waals surface area contributed by atoms with E-state index in [0.717, 1.165) is 36.1 Å². The Morgan fingerprint density at radius 2 is 1.79 bits per heavy atom. The number of carbonyl (C=O) groups is 1. The molecule has 3 fully saturated rings. The summed E-state index contributed by atoms with van der Waals surface area (Å²) < 4.78 is 36.6. The lowest BCUT2D eigenvalue weighted by Gasteiger charge is -2.41. The zero-order valence-corrected chi connectivity index (χ0v) is 24.0. The molecule has 0 spiro atoms. The van der Waals surface area contributed by atoms with Gasteiger partial charge in [-0.15, -0.1) is 0 Å². The number of nitrogens with one attached hydrogen (secondary N) is 1. The number of hydrogen-bond acceptors (Lipinski definition) is 7. The van der Waals surface area contributed by atoms with Crippen LogP contribution in [0.25, 0.3) is 16.8 Å². The molecule has 1 aromatic heterocycles. The predicted octanol–water partition coefficient (Wildman–Crippen LogP) is 5.57. The highest BCUT2D eigenvalue weighted by Crippen LogP contribution is 2.44. The SMILES string of the molecule is N#Cc1ccc(-n2cc(-c3ccc(N4CCS(O)(O)CC4)cc3)c([C@@H]3CCCC[C@H]3C(=O)NC3(C#N)CC3)n2)c(F)c1. The molecule has 3 N–H and O–H groups in total. The predicted molar refractivity (Wildman–Crippen MR) is 159 cm³/mol. The lowest BCUT2D eigenvalue weighted by atomic mass is 9.75. The number of anilines is 1. The quantitative estimate of drug-likeness (QED) is 0.342. The fourth-order valence-corrected chi connectivity index (χ4v) is 7.33. The third-order valence-electron chi connectivity index (χ3n) is 8.77. The molecule has 1 saturated heterocycles. The Morgan fingerprint density at radius 3 is 2.43 bits per heavy atom. The highest BCUT2D eigenvalue weighted by Gasteiger charge is 2.47. The van der Waals surface area contributed by atoms with Gasteiger partial charge in [0.25, 0.3) is 0 Å². The highest BCUT2D eigenvalue weighted by molar-refractivity contribution is 8.24. The van der Waals surface area contributed by atoms with Crippen LogP contribution in [-0.2, 0) is 4.79 Å². The van der Waals surface area contributed by atoms with Gasteiger partial charge in [-0.1, -0.05) is 25.0 Å². The Balaban J connectivity index is 1.37. The molecule has 0 bridgehead atoms. The normalized spacial score (nSPS) is 23.3. The lowest BCUT2D eigenvalue weighted by Crippen LogP contribution is -2.42. The van der Waals surface area contributed by atoms with E-state index in [1.54, 1.807) is 12.3 Å². The number of halogens is 1. The number of benzene rings is 2. The molecule has 2 heterocycles. The van der Waals surface area contributed by atoms with Crippen LogP contribution in [0, 0.1) is 34.4 Å². The van der Waals surface area contributed by atoms with E-state index in [2.05, 4.69) is 16.3 Å². The molecule has 6 rings (SSSR count). The minimum absolute atomic E-state index is 0.129. The molecular formula is C31H33FN6O3S. The maximum absolute atomic E-state index is 15.1. The maximum Gasteiger partial charge on any atom is 0.225 e. The number of hydrogen-bond donors (Lipinski definition) is 3. The van der Waals surface area contributed by atoms with Crippen LogP contribution in [0.2, 0.25) is 0 Å². The van der Waals surface area contributed by atoms with E-state index in [0.29, 0.717) is 49.6 Å². The fraction of sp³-hybridized carbons (Fsp3) is 0.419. The van der Waals surface area contributed by atoms with Crippen molar-refractivity contribution >= 4 is 22.2 Å². The van der Waals surface area contributed by atoms with E-state index in [1.807, 2.05) is 30.3 Å². The summed E-state index contributed by atoms with van der Waals surface area (Å²) in [5.41, 5.74) is 3.02. The Morgan fingerprint density at radius 1 is 1.07 bits per heavy atom. The average molecular weight is 589 g/mol. The first-order chi connectivity index (χ1) is 20.2. The van der Waals surface area contributed by atoms with Gasteiger partial charge in [-0.3, -0.25) is 13.9 Å². The van der Waals surface area contributed by atoms with Crippen molar-refractivity contribution in [2.24, 2.45) is 5.92 Å². The molecule has 2 aromatic carbocycles. The molecule has 42 heavy (non-hydrogen) atoms. The smallest absolute Gasteiger partial charge is 0.225 e. The zero-order valence-electron chi connectivity index (χ0n) is 23.2. The second-order valence-corrected chi connectivity index (χ2v) is 14.0. The van der Waals surface area contributed by atoms with E-state index < -0.39 is 21.9 Å². The van der Waals surface area contributed by atoms with Gasteiger partial charge in [-0.25, -0.2) is 9.07 Å². The van der Waals surface area contributed by atoms with Crippen molar-refractivity contribution < 1.29 is 18.3 Å². The van der Waals surface area contributed by atoms with Gasteiger partial charge in [0.1, 0.15) is 17.0 Å². The number of rotatable bonds is 6. The van der Waals surface area contributed by atoms with Crippen LogP contribution in [0.4, 0.5) is 10.1 Å². The van der Waals surface area contributed by atoms with Crippen LogP contribution < -0.4 is 10.2 Å². The first kappa shape index (κ1) is 28.2. The van der Waals surface area contributed by atoms with Crippen LogP contribution >= 0.6 is 10.6 Å². The monoisotopic (exact) mass is 588 g/mol. The van der Waals surface area contributed by atoms with Crippen LogP contribution in [0.5, 0.6) is 0 Å². The largest absolute Gasteiger partial charge is 0.368 e. The first-order valence-electron chi connectivity index (χ1n) is 14.3. The number of amides is 1. The van der Waals surface area contributed by atoms with E-state index >= 15 is 4.39 Å². The summed E-state index contributed by atoms with van der Waals surface area (Å²) in [6, 6.07) is 16.4. The number of nitriles is 2. The summed E-state index contributed by atoms with van der Waals surface area (Å²) in [4.78, 5) is 15.6. The van der Waals surface area contributed by atoms with Crippen LogP contribution in [0.1, 0.15) is 55.7 Å². The number of aromatic nitrogens is 2. The van der Waals surface area contributed by atoms with Crippen molar-refractivity contribution in [3.8, 4) is 29.0 Å². The standard InChI is InChI=1S/C31H33FN6O3S/c32-27-17-21(18-33)5-10-28(27)38-19-26(22-6-8-23(9-7-22)37-13-15-42(40,41)16-14-37)29(36-38)24-3-1-2-4-25(24)30(39)35-31(20-34)11-12-31/h5-10,17,19,24-25,40-41H,1-4,11-16H2,(H,35,39)/t24-,25-/m1/s1. The minimum Gasteiger partial charge on any atom is -0.368 e. The summed E-state index contributed by atoms with van der Waals surface area (Å²) in [7, 11) is -2.50. The van der Waals surface area contributed by atoms with Crippen LogP contribution in [0.3, 0.4) is 0 Å². The Bertz CT molecular complexity index is 1580. The third kappa shape index (κ3) is 5.60. The molecule has 2 atom stereocenters. The summed E-state index contributed by atoms with van der Waals surface area (Å²) >= 11 is 0. The molecule has 3 aliphatic rings. The zero-order chi connectivity index (χ0) is 29.5. The van der Waals surface area contributed by atoms with Gasteiger partial charge in [0, 0.05) is 42.4 Å². The minimum atomic E-state index is -2.50. The van der Waals surface area contributed by atoms with Crippen molar-refractivity contribution in [3.05, 3.63) is 65.7 Å². The fourth-order valence-electron chi connectivity index (χ4n) is 6.10. The van der Waals surface area contributed by atoms with Crippen molar-refractivity contribution in [3.63, 3.8) is 0 Å². The van der Waals surface area contributed by atoms with E-state index in [4.69, 9.17) is 5.10 Å². The average Bonchev–Trinajstić information content (AvgIpc) is 3.64. The molecule has 3 aromatic rings. The number of carbonyl (C=O) groups excluding carboxylic acids is 1. The Kier molecular flexibility index (Phi) is 7.44. The highest BCUT2D eigenvalue weighted by atomic mass is 32.3. The summed E-state index contributed by atoms with van der Waals surface area (Å²) in [5, 5.41) is 26.6. The maximum atomic E-state index is 15.1. The molecule has 1 amide bonds. The van der Waals surface area contributed by atoms with Crippen molar-refractivity contribution in [2.45, 2.75) is 50.0 Å². The molecule has 1 aliphatic heterocycles. The first-order valence-corrected chi connectivity index (χ1v) is 16.2. The molecule has 0 unspecified atom stereocenters. The summed E-state index contributed by atoms with van der Waals surface area (Å²) in [6.07, 6.45) is 6.37. The van der Waals surface area contributed by atoms with Gasteiger partial charge in [-0.2, -0.15) is 26.2 Å². The van der Waals surface area contributed by atoms with E-state index in [9.17, 15) is 24.4 Å². The summed E-state index contributed by atoms with van der Waals surface area (Å²) in [6.45, 7) is 1.12. The van der Waals surface area contributed by atoms with Gasteiger partial charge in [0.2, 0.25) is 5.91 Å². The van der Waals surface area contributed by atoms with Crippen molar-refractivity contribution in [1.29, 1.82) is 10.5 Å². The number of nitrogens with zero attached hydrogens (tertiary/aromatic N) is 5. The van der Waals surface area contributed by atoms with E-state index in [-0.39, 0.29) is 29.0 Å². The second-order valence-electron chi connectivity index (χ2n) is 11.6. The lowest BCUT2D eigenvalue weighted by molar-refractivity contribution is -0.127. The third-order valence-corrected chi connectivity index (χ3v) is 10.4. The van der Waals surface area contributed by atoms with Crippen LogP contribution in [-0.4, -0.2) is 54.9 Å². The molecular weight excluding hydrogens is 555 g/mol. The molecule has 218 valence electrons. The van der Waals surface area contributed by atoms with Gasteiger partial charge >= 0.3 is 0 Å². The summed E-state index contributed by atoms with van der Waals surface area (Å²) in [5.74, 6) is -0.568. The van der Waals surface area contributed by atoms with Crippen LogP contribution in [0.15, 0.2) is 48.7 Å². The van der Waals surface area contributed by atoms with Crippen molar-refractivity contribution in [2.75, 3.05) is 29.5 Å². The molecule has 9 nitrogen and oxygen atoms in total. The Hall–Kier alpha value is -3.90. The van der Waals surface area contributed by atoms with E-state index in [1.165, 1.54) is 16.8 Å². The Labute approximate surface area is 245 Å². The topological polar surface area (TPSA) is 138 Å². The molecule has 2 aliphatic carbocycles. The molecule has 0 radical (unpaired) electrons. The van der Waals surface area contributed by atoms with Gasteiger partial charge in [0.15, 0.2) is 0 Å². The van der Waals surface area contributed by atoms with Crippen molar-refractivity contribution in [1.82, 2.24) is 15.1 Å². The van der Waals surface area contributed by atoms with Gasteiger partial charge < -0.3 is 10.2 Å². The second kappa shape index (κ2) is 11.1. The molecule has 2 saturated carbocycles.